The number of carboxylic acids is 2. The van der Waals surface area contributed by atoms with Gasteiger partial charge in [-0.2, -0.15) is 0 Å². The maximum absolute atomic E-state index is 12.5. The van der Waals surface area contributed by atoms with Gasteiger partial charge in [-0.3, -0.25) is 38.8 Å². The highest BCUT2D eigenvalue weighted by Gasteiger charge is 2.21. The smallest absolute Gasteiger partial charge is 0.317 e. The Hall–Kier alpha value is -1.68. The summed E-state index contributed by atoms with van der Waals surface area (Å²) in [6.07, 6.45) is 2.17. The van der Waals surface area contributed by atoms with Crippen molar-refractivity contribution in [1.29, 1.82) is 0 Å². The third kappa shape index (κ3) is 21.1. The van der Waals surface area contributed by atoms with E-state index in [1.807, 2.05) is 0 Å². The Morgan fingerprint density at radius 1 is 0.571 bits per heavy atom. The molecule has 1 rings (SSSR count). The number of aliphatic carboxylic acids is 2. The Bertz CT molecular complexity index is 1010. The zero-order valence-electron chi connectivity index (χ0n) is 23.9. The van der Waals surface area contributed by atoms with Crippen LogP contribution >= 0.6 is 21.6 Å². The Morgan fingerprint density at radius 2 is 0.833 bits per heavy atom. The van der Waals surface area contributed by atoms with Crippen molar-refractivity contribution in [3.8, 4) is 0 Å². The molecule has 16 nitrogen and oxygen atoms in total. The molecule has 1 aliphatic rings. The first-order valence-corrected chi connectivity index (χ1v) is 19.9. The molecule has 244 valence electrons. The Morgan fingerprint density at radius 3 is 1.07 bits per heavy atom. The van der Waals surface area contributed by atoms with Gasteiger partial charge < -0.3 is 20.8 Å². The van der Waals surface area contributed by atoms with Crippen LogP contribution in [-0.2, 0) is 36.9 Å². The summed E-state index contributed by atoms with van der Waals surface area (Å²) in [5.41, 5.74) is 0. The van der Waals surface area contributed by atoms with Crippen molar-refractivity contribution in [3.05, 3.63) is 0 Å². The Labute approximate surface area is 254 Å². The second-order valence-electron chi connectivity index (χ2n) is 9.64. The van der Waals surface area contributed by atoms with Crippen LogP contribution in [0.3, 0.4) is 0 Å². The quantitative estimate of drug-likeness (QED) is 0.0945. The molecule has 0 aromatic carbocycles. The van der Waals surface area contributed by atoms with Crippen molar-refractivity contribution < 1.29 is 46.2 Å². The predicted octanol–water partition coefficient (Wildman–Crippen LogP) is -3.00. The van der Waals surface area contributed by atoms with Crippen LogP contribution in [0.2, 0.25) is 0 Å². The fraction of sp³-hybridized carbons (Fsp3) is 0.818. The first kappa shape index (κ1) is 38.3. The van der Waals surface area contributed by atoms with Crippen molar-refractivity contribution in [2.45, 2.75) is 0 Å². The molecule has 1 fully saturated rings. The van der Waals surface area contributed by atoms with Gasteiger partial charge in [-0.05, 0) is 21.6 Å². The van der Waals surface area contributed by atoms with Gasteiger partial charge in [0.25, 0.3) is 0 Å². The summed E-state index contributed by atoms with van der Waals surface area (Å²) < 4.78 is 45.0. The van der Waals surface area contributed by atoms with E-state index in [1.165, 1.54) is 0 Å². The van der Waals surface area contributed by atoms with Crippen LogP contribution in [0.1, 0.15) is 0 Å². The first-order chi connectivity index (χ1) is 19.5. The average Bonchev–Trinajstić information content (AvgIpc) is 2.84. The number of hydrogen-bond acceptors (Lipinski definition) is 14. The van der Waals surface area contributed by atoms with Gasteiger partial charge in [-0.25, -0.2) is 16.8 Å². The van der Waals surface area contributed by atoms with E-state index >= 15 is 0 Å². The standard InChI is InChI=1S/C22H42N6O10S4/c1-41(35,36)39-13-3-23-19(29)15-25-5-9-27(17-21(31)32)11-7-26(8-12-28(10-6-25)18-22(33)34)16-20(30)24-4-14-40-42(2,37)38/h3-18H2,1-2H3,(H,23,29)(H,24,30)(H,31,32)(H,33,34). The number of carbonyl (C=O) groups is 4. The van der Waals surface area contributed by atoms with Crippen LogP contribution < -0.4 is 10.6 Å². The van der Waals surface area contributed by atoms with E-state index in [0.717, 1.165) is 34.1 Å². The lowest BCUT2D eigenvalue weighted by atomic mass is 10.3. The molecule has 0 atom stereocenters. The van der Waals surface area contributed by atoms with Gasteiger partial charge in [-0.1, -0.05) is 0 Å². The summed E-state index contributed by atoms with van der Waals surface area (Å²) in [5.74, 6) is -2.35. The van der Waals surface area contributed by atoms with Crippen molar-refractivity contribution in [2.75, 3.05) is 116 Å². The van der Waals surface area contributed by atoms with Crippen LogP contribution in [0.5, 0.6) is 0 Å². The number of rotatable bonds is 16. The van der Waals surface area contributed by atoms with Crippen molar-refractivity contribution >= 4 is 63.1 Å². The summed E-state index contributed by atoms with van der Waals surface area (Å²) in [6.45, 7) is 2.19. The van der Waals surface area contributed by atoms with Gasteiger partial charge >= 0.3 is 11.9 Å². The second kappa shape index (κ2) is 19.6. The van der Waals surface area contributed by atoms with Gasteiger partial charge in [0.05, 0.1) is 26.2 Å². The zero-order valence-corrected chi connectivity index (χ0v) is 27.2. The molecule has 0 saturated carbocycles. The molecular weight excluding hydrogens is 637 g/mol. The molecule has 1 aliphatic heterocycles. The van der Waals surface area contributed by atoms with Gasteiger partial charge in [0.1, 0.15) is 0 Å². The van der Waals surface area contributed by atoms with Crippen LogP contribution in [0.4, 0.5) is 0 Å². The highest BCUT2D eigenvalue weighted by Crippen LogP contribution is 2.08. The molecule has 0 aliphatic carbocycles. The average molecular weight is 679 g/mol. The summed E-state index contributed by atoms with van der Waals surface area (Å²) in [6, 6.07) is 0. The van der Waals surface area contributed by atoms with E-state index in [0.29, 0.717) is 52.4 Å². The molecule has 4 N–H and O–H groups in total. The first-order valence-electron chi connectivity index (χ1n) is 13.1. The molecule has 0 radical (unpaired) electrons. The molecule has 0 unspecified atom stereocenters. The second-order valence-corrected chi connectivity index (χ2v) is 18.8. The summed E-state index contributed by atoms with van der Waals surface area (Å²) in [7, 11) is -5.00. The van der Waals surface area contributed by atoms with Crippen molar-refractivity contribution in [2.24, 2.45) is 0 Å². The molecule has 0 bridgehead atoms. The normalized spacial score (nSPS) is 17.6. The Balaban J connectivity index is 2.87. The van der Waals surface area contributed by atoms with E-state index in [1.54, 1.807) is 19.6 Å². The zero-order chi connectivity index (χ0) is 31.8. The molecule has 42 heavy (non-hydrogen) atoms. The molecule has 1 heterocycles. The van der Waals surface area contributed by atoms with E-state index in [9.17, 15) is 46.2 Å². The number of hydrogen-bond donors (Lipinski definition) is 4. The van der Waals surface area contributed by atoms with Gasteiger partial charge in [0.2, 0.25) is 11.8 Å². The molecule has 0 aromatic heterocycles. The molecule has 1 saturated heterocycles. The molecule has 2 amide bonds. The molecular formula is C22H42N6O10S4. The van der Waals surface area contributed by atoms with E-state index in [2.05, 4.69) is 10.6 Å². The number of amides is 2. The summed E-state index contributed by atoms with van der Waals surface area (Å²) in [5, 5.41) is 24.1. The monoisotopic (exact) mass is 678 g/mol. The molecule has 0 spiro atoms. The molecule has 0 aromatic rings. The summed E-state index contributed by atoms with van der Waals surface area (Å²) >= 11 is 0. The minimum Gasteiger partial charge on any atom is -0.480 e. The van der Waals surface area contributed by atoms with E-state index in [4.69, 9.17) is 0 Å². The SMILES string of the molecule is CS(=O)(=O)SCCNC(=O)CN1CCN(CC(=O)O)CCN(CC(=O)NCCSS(C)(=O)=O)CCN(CC(=O)O)CC1. The maximum atomic E-state index is 12.5. The lowest BCUT2D eigenvalue weighted by Gasteiger charge is -2.33. The predicted molar refractivity (Wildman–Crippen MR) is 162 cm³/mol. The van der Waals surface area contributed by atoms with Crippen molar-refractivity contribution in [3.63, 3.8) is 0 Å². The number of nitrogens with one attached hydrogen (secondary N) is 2. The number of carboxylic acid groups (broad SMARTS) is 2. The van der Waals surface area contributed by atoms with Gasteiger partial charge in [0, 0.05) is 89.5 Å². The lowest BCUT2D eigenvalue weighted by Crippen LogP contribution is -2.50. The minimum absolute atomic E-state index is 0.0325. The van der Waals surface area contributed by atoms with Crippen LogP contribution in [0.25, 0.3) is 0 Å². The van der Waals surface area contributed by atoms with Crippen LogP contribution in [-0.4, -0.2) is 186 Å². The fourth-order valence-corrected chi connectivity index (χ4v) is 7.17. The number of carbonyl (C=O) groups excluding carboxylic acids is 2. The fourth-order valence-electron chi connectivity index (χ4n) is 3.88. The largest absolute Gasteiger partial charge is 0.480 e. The lowest BCUT2D eigenvalue weighted by molar-refractivity contribution is -0.139. The Kier molecular flexibility index (Phi) is 17.9. The number of nitrogens with zero attached hydrogens (tertiary/aromatic N) is 4. The van der Waals surface area contributed by atoms with Crippen LogP contribution in [0, 0.1) is 0 Å². The van der Waals surface area contributed by atoms with E-state index in [-0.39, 0.29) is 62.6 Å². The maximum Gasteiger partial charge on any atom is 0.317 e. The van der Waals surface area contributed by atoms with Crippen LogP contribution in [0.15, 0.2) is 0 Å². The third-order valence-corrected chi connectivity index (χ3v) is 11.0. The third-order valence-electron chi connectivity index (χ3n) is 5.83. The highest BCUT2D eigenvalue weighted by atomic mass is 33.1. The van der Waals surface area contributed by atoms with E-state index < -0.39 is 29.7 Å². The summed E-state index contributed by atoms with van der Waals surface area (Å²) in [4.78, 5) is 55.0. The topological polar surface area (TPSA) is 214 Å². The van der Waals surface area contributed by atoms with Gasteiger partial charge in [0.15, 0.2) is 17.7 Å². The van der Waals surface area contributed by atoms with Crippen molar-refractivity contribution in [1.82, 2.24) is 30.2 Å². The molecule has 20 heteroatoms. The highest BCUT2D eigenvalue weighted by molar-refractivity contribution is 8.72. The minimum atomic E-state index is -3.22. The van der Waals surface area contributed by atoms with Gasteiger partial charge in [-0.15, -0.1) is 0 Å².